The standard InChI is InChI=1S/C22H16FN3O2/c23-17-10-8-15(9-11-17)14-26-20-16(5-4-12-24-20)13-19(22(26)28)21(27)25-18-6-2-1-3-7-18/h1-13H,14H2,(H,25,27). The number of carbonyl (C=O) groups excluding carboxylic acids is 1. The van der Waals surface area contributed by atoms with Crippen LogP contribution in [-0.2, 0) is 6.54 Å². The molecule has 1 N–H and O–H groups in total. The molecule has 5 nitrogen and oxygen atoms in total. The van der Waals surface area contributed by atoms with Crippen molar-refractivity contribution in [3.63, 3.8) is 0 Å². The molecule has 0 fully saturated rings. The van der Waals surface area contributed by atoms with E-state index in [0.717, 1.165) is 5.56 Å². The van der Waals surface area contributed by atoms with Crippen molar-refractivity contribution in [2.24, 2.45) is 0 Å². The van der Waals surface area contributed by atoms with Crippen LogP contribution in [0.1, 0.15) is 15.9 Å². The Hall–Kier alpha value is -3.80. The Morgan fingerprint density at radius 2 is 1.75 bits per heavy atom. The second-order valence-electron chi connectivity index (χ2n) is 6.31. The molecular formula is C22H16FN3O2. The van der Waals surface area contributed by atoms with Gasteiger partial charge in [-0.15, -0.1) is 0 Å². The number of aromatic nitrogens is 2. The number of amides is 1. The molecule has 1 amide bonds. The minimum Gasteiger partial charge on any atom is -0.322 e. The molecule has 4 rings (SSSR count). The van der Waals surface area contributed by atoms with E-state index < -0.39 is 11.5 Å². The number of fused-ring (bicyclic) bond motifs is 1. The predicted octanol–water partition coefficient (Wildman–Crippen LogP) is 3.84. The summed E-state index contributed by atoms with van der Waals surface area (Å²) in [5.41, 5.74) is 1.36. The Morgan fingerprint density at radius 1 is 1.00 bits per heavy atom. The number of halogens is 1. The molecule has 6 heteroatoms. The second-order valence-corrected chi connectivity index (χ2v) is 6.31. The molecule has 2 aromatic heterocycles. The number of hydrogen-bond donors (Lipinski definition) is 1. The zero-order valence-corrected chi connectivity index (χ0v) is 14.8. The zero-order valence-electron chi connectivity index (χ0n) is 14.8. The van der Waals surface area contributed by atoms with Gasteiger partial charge in [-0.2, -0.15) is 0 Å². The van der Waals surface area contributed by atoms with Gasteiger partial charge in [0.25, 0.3) is 11.5 Å². The molecule has 0 saturated carbocycles. The Balaban J connectivity index is 1.79. The van der Waals surface area contributed by atoms with Gasteiger partial charge in [-0.3, -0.25) is 14.2 Å². The number of hydrogen-bond acceptors (Lipinski definition) is 3. The Labute approximate surface area is 160 Å². The molecule has 0 spiro atoms. The van der Waals surface area contributed by atoms with Gasteiger partial charge in [-0.25, -0.2) is 9.37 Å². The monoisotopic (exact) mass is 373 g/mol. The fourth-order valence-electron chi connectivity index (χ4n) is 3.01. The maximum absolute atomic E-state index is 13.2. The third-order valence-corrected chi connectivity index (χ3v) is 4.38. The number of nitrogens with one attached hydrogen (secondary N) is 1. The van der Waals surface area contributed by atoms with Crippen LogP contribution in [0, 0.1) is 5.82 Å². The normalized spacial score (nSPS) is 10.8. The number of para-hydroxylation sites is 1. The number of carbonyl (C=O) groups is 1. The quantitative estimate of drug-likeness (QED) is 0.591. The van der Waals surface area contributed by atoms with Crippen LogP contribution in [0.2, 0.25) is 0 Å². The van der Waals surface area contributed by atoms with E-state index in [0.29, 0.717) is 16.7 Å². The van der Waals surface area contributed by atoms with E-state index in [-0.39, 0.29) is 17.9 Å². The molecule has 0 aliphatic carbocycles. The first kappa shape index (κ1) is 17.6. The minimum atomic E-state index is -0.491. The maximum Gasteiger partial charge on any atom is 0.265 e. The number of nitrogens with zero attached hydrogens (tertiary/aromatic N) is 2. The Kier molecular flexibility index (Phi) is 4.68. The molecule has 2 aromatic carbocycles. The highest BCUT2D eigenvalue weighted by molar-refractivity contribution is 6.05. The molecule has 4 aromatic rings. The summed E-state index contributed by atoms with van der Waals surface area (Å²) in [6.45, 7) is 0.180. The van der Waals surface area contributed by atoms with E-state index in [2.05, 4.69) is 10.3 Å². The topological polar surface area (TPSA) is 64.0 Å². The Bertz CT molecular complexity index is 1200. The van der Waals surface area contributed by atoms with Gasteiger partial charge in [0.15, 0.2) is 0 Å². The number of pyridine rings is 2. The third kappa shape index (κ3) is 3.53. The van der Waals surface area contributed by atoms with E-state index in [4.69, 9.17) is 0 Å². The van der Waals surface area contributed by atoms with Crippen LogP contribution in [-0.4, -0.2) is 15.5 Å². The van der Waals surface area contributed by atoms with Crippen LogP contribution in [0.15, 0.2) is 83.8 Å². The van der Waals surface area contributed by atoms with Gasteiger partial charge in [0.05, 0.1) is 6.54 Å². The summed E-state index contributed by atoms with van der Waals surface area (Å²) < 4.78 is 14.6. The van der Waals surface area contributed by atoms with Gasteiger partial charge in [-0.05, 0) is 48.0 Å². The summed E-state index contributed by atoms with van der Waals surface area (Å²) in [5.74, 6) is -0.843. The second kappa shape index (κ2) is 7.44. The van der Waals surface area contributed by atoms with Gasteiger partial charge in [-0.1, -0.05) is 30.3 Å². The summed E-state index contributed by atoms with van der Waals surface area (Å²) >= 11 is 0. The van der Waals surface area contributed by atoms with Crippen molar-refractivity contribution in [3.8, 4) is 0 Å². The summed E-state index contributed by atoms with van der Waals surface area (Å²) in [5, 5.41) is 3.41. The largest absolute Gasteiger partial charge is 0.322 e. The van der Waals surface area contributed by atoms with E-state index in [9.17, 15) is 14.0 Å². The van der Waals surface area contributed by atoms with Gasteiger partial charge < -0.3 is 5.32 Å². The SMILES string of the molecule is O=C(Nc1ccccc1)c1cc2cccnc2n(Cc2ccc(F)cc2)c1=O. The fraction of sp³-hybridized carbons (Fsp3) is 0.0455. The van der Waals surface area contributed by atoms with Gasteiger partial charge in [0.1, 0.15) is 17.0 Å². The first-order valence-electron chi connectivity index (χ1n) is 8.71. The number of anilines is 1. The summed E-state index contributed by atoms with van der Waals surface area (Å²) in [4.78, 5) is 30.1. The van der Waals surface area contributed by atoms with E-state index in [1.807, 2.05) is 6.07 Å². The number of benzene rings is 2. The van der Waals surface area contributed by atoms with Gasteiger partial charge in [0, 0.05) is 17.3 Å². The van der Waals surface area contributed by atoms with E-state index in [1.54, 1.807) is 60.8 Å². The summed E-state index contributed by atoms with van der Waals surface area (Å²) in [7, 11) is 0. The lowest BCUT2D eigenvalue weighted by molar-refractivity contribution is 0.102. The highest BCUT2D eigenvalue weighted by atomic mass is 19.1. The van der Waals surface area contributed by atoms with Crippen LogP contribution in [0.3, 0.4) is 0 Å². The molecule has 28 heavy (non-hydrogen) atoms. The van der Waals surface area contributed by atoms with Crippen LogP contribution in [0.25, 0.3) is 11.0 Å². The third-order valence-electron chi connectivity index (χ3n) is 4.38. The zero-order chi connectivity index (χ0) is 19.5. The molecule has 0 aliphatic rings. The van der Waals surface area contributed by atoms with Crippen LogP contribution >= 0.6 is 0 Å². The average Bonchev–Trinajstić information content (AvgIpc) is 2.72. The highest BCUT2D eigenvalue weighted by Gasteiger charge is 2.17. The van der Waals surface area contributed by atoms with Crippen molar-refractivity contribution in [1.82, 2.24) is 9.55 Å². The molecule has 0 unspecified atom stereocenters. The average molecular weight is 373 g/mol. The van der Waals surface area contributed by atoms with Crippen molar-refractivity contribution in [3.05, 3.63) is 106 Å². The smallest absolute Gasteiger partial charge is 0.265 e. The van der Waals surface area contributed by atoms with E-state index in [1.165, 1.54) is 16.7 Å². The molecule has 0 saturated heterocycles. The molecule has 0 aliphatic heterocycles. The lowest BCUT2D eigenvalue weighted by Crippen LogP contribution is -2.30. The highest BCUT2D eigenvalue weighted by Crippen LogP contribution is 2.15. The lowest BCUT2D eigenvalue weighted by Gasteiger charge is -2.12. The summed E-state index contributed by atoms with van der Waals surface area (Å²) in [6, 6.07) is 19.9. The molecule has 2 heterocycles. The van der Waals surface area contributed by atoms with E-state index >= 15 is 0 Å². The predicted molar refractivity (Wildman–Crippen MR) is 106 cm³/mol. The maximum atomic E-state index is 13.2. The van der Waals surface area contributed by atoms with Crippen molar-refractivity contribution in [2.75, 3.05) is 5.32 Å². The van der Waals surface area contributed by atoms with Crippen LogP contribution in [0.4, 0.5) is 10.1 Å². The van der Waals surface area contributed by atoms with Crippen LogP contribution < -0.4 is 10.9 Å². The lowest BCUT2D eigenvalue weighted by atomic mass is 10.1. The minimum absolute atomic E-state index is 0.0199. The van der Waals surface area contributed by atoms with Crippen molar-refractivity contribution in [1.29, 1.82) is 0 Å². The van der Waals surface area contributed by atoms with Crippen LogP contribution in [0.5, 0.6) is 0 Å². The van der Waals surface area contributed by atoms with Gasteiger partial charge in [0.2, 0.25) is 0 Å². The molecule has 0 atom stereocenters. The van der Waals surface area contributed by atoms with Crippen molar-refractivity contribution in [2.45, 2.75) is 6.54 Å². The fourth-order valence-corrected chi connectivity index (χ4v) is 3.01. The molecule has 0 bridgehead atoms. The number of rotatable bonds is 4. The molecular weight excluding hydrogens is 357 g/mol. The molecule has 138 valence electrons. The first-order chi connectivity index (χ1) is 13.6. The van der Waals surface area contributed by atoms with Gasteiger partial charge >= 0.3 is 0 Å². The van der Waals surface area contributed by atoms with Crippen molar-refractivity contribution < 1.29 is 9.18 Å². The Morgan fingerprint density at radius 3 is 2.50 bits per heavy atom. The summed E-state index contributed by atoms with van der Waals surface area (Å²) in [6.07, 6.45) is 1.59. The first-order valence-corrected chi connectivity index (χ1v) is 8.71. The molecule has 0 radical (unpaired) electrons. The van der Waals surface area contributed by atoms with Crippen molar-refractivity contribution >= 4 is 22.6 Å².